The minimum Gasteiger partial charge on any atom is -0.315 e. The summed E-state index contributed by atoms with van der Waals surface area (Å²) >= 11 is 1.28. The van der Waals surface area contributed by atoms with Gasteiger partial charge in [-0.25, -0.2) is 9.97 Å². The number of nitriles is 1. The number of rotatable bonds is 4. The smallest absolute Gasteiger partial charge is 0.259 e. The Hall–Kier alpha value is -4.68. The Morgan fingerprint density at radius 1 is 1.03 bits per heavy atom. The van der Waals surface area contributed by atoms with E-state index in [1.165, 1.54) is 17.4 Å². The van der Waals surface area contributed by atoms with E-state index in [9.17, 15) is 9.59 Å². The number of hydrogen-bond acceptors (Lipinski definition) is 7. The number of nitrogens with zero attached hydrogens (tertiary/aromatic N) is 5. The molecule has 0 aliphatic carbocycles. The minimum absolute atomic E-state index is 0.115. The van der Waals surface area contributed by atoms with E-state index in [0.717, 1.165) is 28.2 Å². The first kappa shape index (κ1) is 23.1. The van der Waals surface area contributed by atoms with Gasteiger partial charge in [-0.15, -0.1) is 0 Å². The van der Waals surface area contributed by atoms with Crippen molar-refractivity contribution < 1.29 is 4.79 Å². The Bertz CT molecular complexity index is 1750. The van der Waals surface area contributed by atoms with Crippen LogP contribution < -0.4 is 10.9 Å². The zero-order valence-corrected chi connectivity index (χ0v) is 20.6. The van der Waals surface area contributed by atoms with E-state index in [0.29, 0.717) is 32.2 Å². The van der Waals surface area contributed by atoms with Crippen LogP contribution in [0.15, 0.2) is 65.6 Å². The average Bonchev–Trinajstić information content (AvgIpc) is 3.28. The normalized spacial score (nSPS) is 10.8. The van der Waals surface area contributed by atoms with E-state index >= 15 is 0 Å². The summed E-state index contributed by atoms with van der Waals surface area (Å²) < 4.78 is 1.55. The summed E-state index contributed by atoms with van der Waals surface area (Å²) in [5.41, 5.74) is 6.14. The van der Waals surface area contributed by atoms with Gasteiger partial charge in [-0.3, -0.25) is 19.9 Å². The number of amides is 1. The molecule has 0 radical (unpaired) electrons. The van der Waals surface area contributed by atoms with Crippen LogP contribution in [0.2, 0.25) is 0 Å². The van der Waals surface area contributed by atoms with Crippen LogP contribution in [-0.4, -0.2) is 25.4 Å². The van der Waals surface area contributed by atoms with E-state index in [2.05, 4.69) is 26.3 Å². The number of hydrogen-bond donors (Lipinski definition) is 1. The third-order valence-corrected chi connectivity index (χ3v) is 6.86. The highest BCUT2D eigenvalue weighted by Crippen LogP contribution is 2.30. The van der Waals surface area contributed by atoms with Gasteiger partial charge in [-0.05, 0) is 55.8 Å². The van der Waals surface area contributed by atoms with Crippen molar-refractivity contribution in [2.24, 2.45) is 7.05 Å². The predicted octanol–water partition coefficient (Wildman–Crippen LogP) is 4.86. The molecular weight excluding hydrogens is 472 g/mol. The number of carbonyl (C=O) groups is 1. The summed E-state index contributed by atoms with van der Waals surface area (Å²) in [6.45, 7) is 3.70. The second kappa shape index (κ2) is 9.17. The van der Waals surface area contributed by atoms with Crippen LogP contribution in [0, 0.1) is 25.2 Å². The molecule has 0 spiro atoms. The average molecular weight is 493 g/mol. The number of anilines is 1. The van der Waals surface area contributed by atoms with Crippen molar-refractivity contribution >= 4 is 32.7 Å². The third-order valence-electron chi connectivity index (χ3n) is 5.98. The lowest BCUT2D eigenvalue weighted by Gasteiger charge is -2.14. The third kappa shape index (κ3) is 4.26. The molecule has 1 N–H and O–H groups in total. The maximum Gasteiger partial charge on any atom is 0.259 e. The van der Waals surface area contributed by atoms with Crippen molar-refractivity contribution in [2.45, 2.75) is 13.8 Å². The number of carbonyl (C=O) groups excluding carboxylic acids is 1. The predicted molar refractivity (Wildman–Crippen MR) is 140 cm³/mol. The molecule has 9 heteroatoms. The first-order valence-electron chi connectivity index (χ1n) is 11.1. The molecule has 1 amide bonds. The molecule has 5 aromatic rings. The van der Waals surface area contributed by atoms with Crippen LogP contribution in [0.5, 0.6) is 0 Å². The fourth-order valence-electron chi connectivity index (χ4n) is 3.89. The maximum atomic E-state index is 13.3. The molecule has 0 bridgehead atoms. The van der Waals surface area contributed by atoms with Crippen LogP contribution in [0.1, 0.15) is 27.3 Å². The molecule has 0 saturated carbocycles. The quantitative estimate of drug-likeness (QED) is 0.383. The van der Waals surface area contributed by atoms with Crippen molar-refractivity contribution in [1.82, 2.24) is 19.5 Å². The van der Waals surface area contributed by atoms with Gasteiger partial charge in [0.15, 0.2) is 5.13 Å². The van der Waals surface area contributed by atoms with Gasteiger partial charge in [0.1, 0.15) is 10.3 Å². The molecule has 0 aliphatic rings. The van der Waals surface area contributed by atoms with E-state index < -0.39 is 0 Å². The van der Waals surface area contributed by atoms with Gasteiger partial charge in [-0.2, -0.15) is 5.26 Å². The van der Waals surface area contributed by atoms with Gasteiger partial charge in [0.2, 0.25) is 5.56 Å². The molecule has 0 atom stereocenters. The maximum absolute atomic E-state index is 13.3. The molecule has 4 aromatic heterocycles. The van der Waals surface area contributed by atoms with Gasteiger partial charge in [0.05, 0.1) is 22.9 Å². The molecule has 36 heavy (non-hydrogen) atoms. The van der Waals surface area contributed by atoms with Gasteiger partial charge in [-0.1, -0.05) is 23.5 Å². The molecule has 0 unspecified atom stereocenters. The lowest BCUT2D eigenvalue weighted by atomic mass is 9.99. The van der Waals surface area contributed by atoms with Crippen molar-refractivity contribution in [3.05, 3.63) is 93.7 Å². The minimum atomic E-state index is -0.350. The van der Waals surface area contributed by atoms with Crippen molar-refractivity contribution in [1.29, 1.82) is 5.26 Å². The lowest BCUT2D eigenvalue weighted by molar-refractivity contribution is 0.102. The van der Waals surface area contributed by atoms with Crippen molar-refractivity contribution in [3.63, 3.8) is 0 Å². The first-order valence-corrected chi connectivity index (χ1v) is 11.9. The SMILES string of the molecule is Cc1cc(-c2ccc(=O)n(C)c2C)c(C(=O)Nc2nc3ccc(-c4ccc(C#N)cc4)nc3s2)cn1. The molecule has 5 rings (SSSR count). The van der Waals surface area contributed by atoms with Crippen LogP contribution in [-0.2, 0) is 7.05 Å². The number of aromatic nitrogens is 4. The van der Waals surface area contributed by atoms with Crippen LogP contribution in [0.25, 0.3) is 32.7 Å². The number of nitrogens with one attached hydrogen (secondary N) is 1. The Morgan fingerprint density at radius 2 is 1.81 bits per heavy atom. The van der Waals surface area contributed by atoms with Crippen LogP contribution >= 0.6 is 11.3 Å². The molecule has 1 aromatic carbocycles. The zero-order chi connectivity index (χ0) is 25.4. The van der Waals surface area contributed by atoms with E-state index in [1.807, 2.05) is 44.2 Å². The summed E-state index contributed by atoms with van der Waals surface area (Å²) in [6.07, 6.45) is 1.54. The fourth-order valence-corrected chi connectivity index (χ4v) is 4.73. The van der Waals surface area contributed by atoms with Crippen LogP contribution in [0.4, 0.5) is 5.13 Å². The summed E-state index contributed by atoms with van der Waals surface area (Å²) in [6, 6.07) is 18.1. The Balaban J connectivity index is 1.47. The molecule has 0 fully saturated rings. The summed E-state index contributed by atoms with van der Waals surface area (Å²) in [5.74, 6) is -0.350. The molecule has 0 aliphatic heterocycles. The van der Waals surface area contributed by atoms with Crippen molar-refractivity contribution in [3.8, 4) is 28.5 Å². The van der Waals surface area contributed by atoms with Gasteiger partial charge >= 0.3 is 0 Å². The summed E-state index contributed by atoms with van der Waals surface area (Å²) in [4.78, 5) is 39.5. The number of fused-ring (bicyclic) bond motifs is 1. The standard InChI is InChI=1S/C27H20N6O2S/c1-15-12-20(19-8-11-24(34)33(3)16(19)2)21(14-29-15)25(35)32-27-31-23-10-9-22(30-26(23)36-27)18-6-4-17(13-28)5-7-18/h4-12,14H,1-3H3,(H,31,32,35). The van der Waals surface area contributed by atoms with Crippen molar-refractivity contribution in [2.75, 3.05) is 5.32 Å². The lowest BCUT2D eigenvalue weighted by Crippen LogP contribution is -2.19. The first-order chi connectivity index (χ1) is 17.3. The number of benzene rings is 1. The Kier molecular flexibility index (Phi) is 5.88. The second-order valence-electron chi connectivity index (χ2n) is 8.28. The fraction of sp³-hybridized carbons (Fsp3) is 0.111. The summed E-state index contributed by atoms with van der Waals surface area (Å²) in [5, 5.41) is 12.3. The zero-order valence-electron chi connectivity index (χ0n) is 19.7. The van der Waals surface area contributed by atoms with E-state index in [4.69, 9.17) is 5.26 Å². The van der Waals surface area contributed by atoms with Gasteiger partial charge in [0.25, 0.3) is 5.91 Å². The highest BCUT2D eigenvalue weighted by Gasteiger charge is 2.18. The molecule has 0 saturated heterocycles. The Labute approximate surface area is 210 Å². The highest BCUT2D eigenvalue weighted by molar-refractivity contribution is 7.22. The van der Waals surface area contributed by atoms with Gasteiger partial charge < -0.3 is 4.57 Å². The second-order valence-corrected chi connectivity index (χ2v) is 9.26. The molecule has 8 nitrogen and oxygen atoms in total. The van der Waals surface area contributed by atoms with Gasteiger partial charge in [0, 0.05) is 41.8 Å². The highest BCUT2D eigenvalue weighted by atomic mass is 32.1. The summed E-state index contributed by atoms with van der Waals surface area (Å²) in [7, 11) is 1.70. The topological polar surface area (TPSA) is 114 Å². The van der Waals surface area contributed by atoms with Crippen LogP contribution in [0.3, 0.4) is 0 Å². The van der Waals surface area contributed by atoms with E-state index in [-0.39, 0.29) is 11.5 Å². The largest absolute Gasteiger partial charge is 0.315 e. The molecular formula is C27H20N6O2S. The Morgan fingerprint density at radius 3 is 2.56 bits per heavy atom. The monoisotopic (exact) mass is 492 g/mol. The molecule has 176 valence electrons. The van der Waals surface area contributed by atoms with E-state index in [1.54, 1.807) is 36.0 Å². The number of pyridine rings is 3. The molecule has 4 heterocycles. The number of thiazole rings is 1. The number of aryl methyl sites for hydroxylation is 1.